The Hall–Kier alpha value is -1.26. The number of hydrogen-bond acceptors (Lipinski definition) is 4. The van der Waals surface area contributed by atoms with Crippen LogP contribution < -0.4 is 0 Å². The van der Waals surface area contributed by atoms with Crippen LogP contribution >= 0.6 is 11.8 Å². The Labute approximate surface area is 130 Å². The van der Waals surface area contributed by atoms with Crippen LogP contribution in [0.5, 0.6) is 0 Å². The Balaban J connectivity index is 1.78. The minimum Gasteiger partial charge on any atom is -0.361 e. The molecule has 1 atom stereocenters. The molecule has 4 heteroatoms. The van der Waals surface area contributed by atoms with Crippen molar-refractivity contribution >= 4 is 11.8 Å². The minimum absolute atomic E-state index is 0.455. The number of benzene rings is 1. The zero-order valence-corrected chi connectivity index (χ0v) is 13.7. The van der Waals surface area contributed by atoms with Crippen LogP contribution in [0.4, 0.5) is 0 Å². The zero-order valence-electron chi connectivity index (χ0n) is 12.9. The van der Waals surface area contributed by atoms with E-state index in [1.165, 1.54) is 28.9 Å². The molecule has 112 valence electrons. The molecule has 2 heterocycles. The lowest BCUT2D eigenvalue weighted by atomic mass is 10.0. The number of rotatable bonds is 4. The summed E-state index contributed by atoms with van der Waals surface area (Å²) in [7, 11) is 0. The number of aryl methyl sites for hydroxylation is 2. The van der Waals surface area contributed by atoms with E-state index < -0.39 is 0 Å². The fraction of sp³-hybridized carbons (Fsp3) is 0.471. The van der Waals surface area contributed by atoms with Gasteiger partial charge in [-0.15, -0.1) is 11.8 Å². The van der Waals surface area contributed by atoms with E-state index in [0.717, 1.165) is 24.5 Å². The Morgan fingerprint density at radius 2 is 2.05 bits per heavy atom. The first kappa shape index (κ1) is 14.7. The summed E-state index contributed by atoms with van der Waals surface area (Å²) in [4.78, 5) is 3.88. The van der Waals surface area contributed by atoms with Gasteiger partial charge in [0, 0.05) is 23.0 Å². The summed E-state index contributed by atoms with van der Waals surface area (Å²) in [5, 5.41) is 4.12. The van der Waals surface area contributed by atoms with E-state index >= 15 is 0 Å². The van der Waals surface area contributed by atoms with Crippen LogP contribution in [-0.4, -0.2) is 22.9 Å². The Morgan fingerprint density at radius 1 is 1.29 bits per heavy atom. The van der Waals surface area contributed by atoms with E-state index in [1.54, 1.807) is 11.8 Å². The summed E-state index contributed by atoms with van der Waals surface area (Å²) in [5.74, 6) is 0.974. The van der Waals surface area contributed by atoms with Crippen molar-refractivity contribution in [1.82, 2.24) is 10.1 Å². The van der Waals surface area contributed by atoms with Gasteiger partial charge in [0.1, 0.15) is 5.76 Å². The molecule has 1 aliphatic rings. The predicted octanol–water partition coefficient (Wildman–Crippen LogP) is 4.35. The molecule has 1 fully saturated rings. The number of nitrogens with zero attached hydrogens (tertiary/aromatic N) is 2. The maximum atomic E-state index is 5.36. The molecule has 1 aromatic heterocycles. The van der Waals surface area contributed by atoms with Crippen molar-refractivity contribution in [2.45, 2.75) is 44.2 Å². The van der Waals surface area contributed by atoms with Crippen LogP contribution in [0.3, 0.4) is 0 Å². The van der Waals surface area contributed by atoms with E-state index in [-0.39, 0.29) is 0 Å². The lowest BCUT2D eigenvalue weighted by Gasteiger charge is -2.24. The summed E-state index contributed by atoms with van der Waals surface area (Å²) in [6.07, 6.45) is 4.56. The lowest BCUT2D eigenvalue weighted by molar-refractivity contribution is 0.245. The predicted molar refractivity (Wildman–Crippen MR) is 86.6 cm³/mol. The van der Waals surface area contributed by atoms with Gasteiger partial charge in [0.15, 0.2) is 0 Å². The molecule has 0 N–H and O–H groups in total. The molecule has 0 bridgehead atoms. The third-order valence-electron chi connectivity index (χ3n) is 4.33. The highest BCUT2D eigenvalue weighted by Crippen LogP contribution is 2.36. The minimum atomic E-state index is 0.455. The number of thioether (sulfide) groups is 1. The first-order chi connectivity index (χ1) is 10.2. The molecular weight excluding hydrogens is 280 g/mol. The van der Waals surface area contributed by atoms with Gasteiger partial charge in [0.25, 0.3) is 0 Å². The third kappa shape index (κ3) is 3.01. The van der Waals surface area contributed by atoms with Gasteiger partial charge in [-0.25, -0.2) is 0 Å². The van der Waals surface area contributed by atoms with Gasteiger partial charge >= 0.3 is 0 Å². The second kappa shape index (κ2) is 6.24. The van der Waals surface area contributed by atoms with E-state index in [0.29, 0.717) is 6.04 Å². The van der Waals surface area contributed by atoms with Gasteiger partial charge in [-0.05, 0) is 57.2 Å². The van der Waals surface area contributed by atoms with E-state index in [4.69, 9.17) is 4.52 Å². The van der Waals surface area contributed by atoms with Gasteiger partial charge in [-0.1, -0.05) is 17.3 Å². The van der Waals surface area contributed by atoms with Crippen LogP contribution in [0.25, 0.3) is 0 Å². The molecule has 0 amide bonds. The first-order valence-electron chi connectivity index (χ1n) is 7.49. The van der Waals surface area contributed by atoms with Gasteiger partial charge in [-0.2, -0.15) is 0 Å². The number of aromatic nitrogens is 1. The molecule has 2 aromatic rings. The zero-order chi connectivity index (χ0) is 14.8. The topological polar surface area (TPSA) is 29.3 Å². The average Bonchev–Trinajstić information content (AvgIpc) is 3.06. The van der Waals surface area contributed by atoms with Gasteiger partial charge in [0.2, 0.25) is 0 Å². The molecule has 0 aliphatic carbocycles. The van der Waals surface area contributed by atoms with E-state index in [1.807, 2.05) is 6.92 Å². The summed E-state index contributed by atoms with van der Waals surface area (Å²) in [6, 6.07) is 9.36. The Morgan fingerprint density at radius 3 is 2.67 bits per heavy atom. The highest BCUT2D eigenvalue weighted by Gasteiger charge is 2.30. The van der Waals surface area contributed by atoms with E-state index in [2.05, 4.69) is 47.5 Å². The normalized spacial score (nSPS) is 19.3. The molecule has 0 spiro atoms. The Kier molecular flexibility index (Phi) is 4.36. The molecule has 3 nitrogen and oxygen atoms in total. The molecule has 1 saturated heterocycles. The van der Waals surface area contributed by atoms with Gasteiger partial charge in [0.05, 0.1) is 5.69 Å². The molecule has 1 aliphatic heterocycles. The van der Waals surface area contributed by atoms with E-state index in [9.17, 15) is 0 Å². The summed E-state index contributed by atoms with van der Waals surface area (Å²) in [5.41, 5.74) is 3.72. The van der Waals surface area contributed by atoms with Crippen LogP contribution in [-0.2, 0) is 6.54 Å². The van der Waals surface area contributed by atoms with Crippen LogP contribution in [0.15, 0.2) is 33.7 Å². The molecule has 3 rings (SSSR count). The van der Waals surface area contributed by atoms with Crippen LogP contribution in [0.1, 0.15) is 41.5 Å². The fourth-order valence-electron chi connectivity index (χ4n) is 3.27. The average molecular weight is 302 g/mol. The van der Waals surface area contributed by atoms with Crippen molar-refractivity contribution < 1.29 is 4.52 Å². The van der Waals surface area contributed by atoms with Crippen molar-refractivity contribution in [2.75, 3.05) is 12.8 Å². The second-order valence-electron chi connectivity index (χ2n) is 5.71. The maximum Gasteiger partial charge on any atom is 0.138 e. The molecule has 0 unspecified atom stereocenters. The monoisotopic (exact) mass is 302 g/mol. The van der Waals surface area contributed by atoms with Crippen molar-refractivity contribution in [2.24, 2.45) is 0 Å². The summed E-state index contributed by atoms with van der Waals surface area (Å²) < 4.78 is 5.36. The third-order valence-corrected chi connectivity index (χ3v) is 5.07. The van der Waals surface area contributed by atoms with Crippen molar-refractivity contribution in [1.29, 1.82) is 0 Å². The lowest BCUT2D eigenvalue weighted by Crippen LogP contribution is -2.23. The molecule has 0 saturated carbocycles. The highest BCUT2D eigenvalue weighted by atomic mass is 32.2. The number of likely N-dealkylation sites (tertiary alicyclic amines) is 1. The summed E-state index contributed by atoms with van der Waals surface area (Å²) >= 11 is 1.79. The quantitative estimate of drug-likeness (QED) is 0.785. The van der Waals surface area contributed by atoms with Crippen LogP contribution in [0.2, 0.25) is 0 Å². The highest BCUT2D eigenvalue weighted by molar-refractivity contribution is 7.98. The molecule has 1 aromatic carbocycles. The van der Waals surface area contributed by atoms with Crippen molar-refractivity contribution in [3.05, 3.63) is 46.8 Å². The second-order valence-corrected chi connectivity index (χ2v) is 6.59. The van der Waals surface area contributed by atoms with Crippen molar-refractivity contribution in [3.63, 3.8) is 0 Å². The maximum absolute atomic E-state index is 5.36. The smallest absolute Gasteiger partial charge is 0.138 e. The standard InChI is InChI=1S/C17H22N2OS/c1-12-17(13(2)20-18-12)16-5-4-10-19(16)11-14-6-8-15(21-3)9-7-14/h6-9,16H,4-5,10-11H2,1-3H3/t16-/m1/s1. The molecular formula is C17H22N2OS. The van der Waals surface area contributed by atoms with Crippen LogP contribution in [0, 0.1) is 13.8 Å². The SMILES string of the molecule is CSc1ccc(CN2CCC[C@@H]2c2c(C)noc2C)cc1. The largest absolute Gasteiger partial charge is 0.361 e. The van der Waals surface area contributed by atoms with Crippen molar-refractivity contribution in [3.8, 4) is 0 Å². The summed E-state index contributed by atoms with van der Waals surface area (Å²) in [6.45, 7) is 6.23. The molecule has 0 radical (unpaired) electrons. The van der Waals surface area contributed by atoms with Gasteiger partial charge < -0.3 is 4.52 Å². The number of hydrogen-bond donors (Lipinski definition) is 0. The van der Waals surface area contributed by atoms with Gasteiger partial charge in [-0.3, -0.25) is 4.90 Å². The molecule has 21 heavy (non-hydrogen) atoms. The Bertz CT molecular complexity index is 586. The fourth-order valence-corrected chi connectivity index (χ4v) is 3.68. The first-order valence-corrected chi connectivity index (χ1v) is 8.71.